The number of rotatable bonds is 3. The smallest absolute Gasteiger partial charge is 0.336 e. The second-order valence-electron chi connectivity index (χ2n) is 4.95. The Morgan fingerprint density at radius 3 is 2.70 bits per heavy atom. The minimum absolute atomic E-state index is 0.260. The summed E-state index contributed by atoms with van der Waals surface area (Å²) in [5.41, 5.74) is 9.20. The van der Waals surface area contributed by atoms with Gasteiger partial charge in [-0.15, -0.1) is 0 Å². The minimum Gasteiger partial charge on any atom is -0.478 e. The van der Waals surface area contributed by atoms with Gasteiger partial charge in [0.05, 0.1) is 5.56 Å². The lowest BCUT2D eigenvalue weighted by atomic mass is 10.1. The minimum atomic E-state index is -0.944. The van der Waals surface area contributed by atoms with E-state index in [0.717, 1.165) is 22.6 Å². The maximum Gasteiger partial charge on any atom is 0.336 e. The number of benzene rings is 2. The highest BCUT2D eigenvalue weighted by Gasteiger charge is 2.14. The lowest BCUT2D eigenvalue weighted by molar-refractivity contribution is 0.0693. The normalized spacial score (nSPS) is 13.2. The molecule has 2 aromatic carbocycles. The van der Waals surface area contributed by atoms with Crippen molar-refractivity contribution in [2.75, 3.05) is 5.73 Å². The van der Waals surface area contributed by atoms with Crippen LogP contribution in [0.3, 0.4) is 0 Å². The average Bonchev–Trinajstić information content (AvgIpc) is 2.88. The molecule has 0 amide bonds. The summed E-state index contributed by atoms with van der Waals surface area (Å²) < 4.78 is 0. The molecule has 3 N–H and O–H groups in total. The second kappa shape index (κ2) is 5.21. The molecular formula is C16H15NO2S. The Morgan fingerprint density at radius 1 is 1.10 bits per heavy atom. The molecule has 1 aliphatic rings. The van der Waals surface area contributed by atoms with Crippen molar-refractivity contribution in [3.8, 4) is 0 Å². The number of hydrogen-bond acceptors (Lipinski definition) is 3. The van der Waals surface area contributed by atoms with E-state index in [4.69, 9.17) is 5.73 Å². The number of nitrogen functional groups attached to an aromatic ring is 1. The number of fused-ring (bicyclic) bond motifs is 1. The van der Waals surface area contributed by atoms with Crippen molar-refractivity contribution in [3.63, 3.8) is 0 Å². The second-order valence-corrected chi connectivity index (χ2v) is 6.06. The summed E-state index contributed by atoms with van der Waals surface area (Å²) in [5.74, 6) is -0.944. The first-order valence-electron chi connectivity index (χ1n) is 6.56. The number of hydrogen-bond donors (Lipinski definition) is 2. The van der Waals surface area contributed by atoms with E-state index in [1.807, 2.05) is 0 Å². The summed E-state index contributed by atoms with van der Waals surface area (Å²) in [7, 11) is 0. The molecule has 0 bridgehead atoms. The van der Waals surface area contributed by atoms with Crippen LogP contribution in [0.5, 0.6) is 0 Å². The van der Waals surface area contributed by atoms with Crippen LogP contribution in [-0.2, 0) is 12.8 Å². The predicted octanol–water partition coefficient (Wildman–Crippen LogP) is 3.61. The lowest BCUT2D eigenvalue weighted by Crippen LogP contribution is -2.00. The number of nitrogens with two attached hydrogens (primary N) is 1. The number of anilines is 1. The molecule has 102 valence electrons. The quantitative estimate of drug-likeness (QED) is 0.846. The molecular weight excluding hydrogens is 270 g/mol. The van der Waals surface area contributed by atoms with Gasteiger partial charge in [0.1, 0.15) is 0 Å². The van der Waals surface area contributed by atoms with Crippen molar-refractivity contribution < 1.29 is 9.90 Å². The van der Waals surface area contributed by atoms with Crippen molar-refractivity contribution >= 4 is 23.4 Å². The molecule has 2 aromatic rings. The molecule has 0 radical (unpaired) electrons. The van der Waals surface area contributed by atoms with Crippen LogP contribution in [0.25, 0.3) is 0 Å². The Balaban J connectivity index is 1.93. The SMILES string of the molecule is Nc1ccc(Sc2ccc3c(c2)CCC3)c(C(=O)O)c1. The number of carboxylic acid groups (broad SMARTS) is 1. The fourth-order valence-electron chi connectivity index (χ4n) is 2.54. The van der Waals surface area contributed by atoms with Crippen LogP contribution in [0.4, 0.5) is 5.69 Å². The third-order valence-corrected chi connectivity index (χ3v) is 4.60. The van der Waals surface area contributed by atoms with Crippen molar-refractivity contribution in [1.82, 2.24) is 0 Å². The van der Waals surface area contributed by atoms with E-state index in [1.54, 1.807) is 12.1 Å². The zero-order valence-corrected chi connectivity index (χ0v) is 11.7. The van der Waals surface area contributed by atoms with Gasteiger partial charge >= 0.3 is 5.97 Å². The van der Waals surface area contributed by atoms with E-state index in [9.17, 15) is 9.90 Å². The van der Waals surface area contributed by atoms with Gasteiger partial charge in [-0.2, -0.15) is 0 Å². The maximum atomic E-state index is 11.3. The summed E-state index contributed by atoms with van der Waals surface area (Å²) in [6.45, 7) is 0. The first-order valence-corrected chi connectivity index (χ1v) is 7.37. The predicted molar refractivity (Wildman–Crippen MR) is 80.4 cm³/mol. The fraction of sp³-hybridized carbons (Fsp3) is 0.188. The zero-order chi connectivity index (χ0) is 14.1. The largest absolute Gasteiger partial charge is 0.478 e. The van der Waals surface area contributed by atoms with E-state index in [0.29, 0.717) is 5.69 Å². The zero-order valence-electron chi connectivity index (χ0n) is 10.9. The Kier molecular flexibility index (Phi) is 3.40. The molecule has 0 unspecified atom stereocenters. The molecule has 0 aliphatic heterocycles. The highest BCUT2D eigenvalue weighted by Crippen LogP contribution is 2.34. The molecule has 3 nitrogen and oxygen atoms in total. The van der Waals surface area contributed by atoms with Gasteiger partial charge in [0.2, 0.25) is 0 Å². The van der Waals surface area contributed by atoms with Crippen LogP contribution in [-0.4, -0.2) is 11.1 Å². The Hall–Kier alpha value is -1.94. The van der Waals surface area contributed by atoms with Crippen molar-refractivity contribution in [3.05, 3.63) is 53.1 Å². The van der Waals surface area contributed by atoms with Crippen molar-refractivity contribution in [2.45, 2.75) is 29.1 Å². The molecule has 20 heavy (non-hydrogen) atoms. The third-order valence-electron chi connectivity index (χ3n) is 3.53. The van der Waals surface area contributed by atoms with Gasteiger partial charge < -0.3 is 10.8 Å². The van der Waals surface area contributed by atoms with Crippen LogP contribution >= 0.6 is 11.8 Å². The molecule has 0 saturated heterocycles. The summed E-state index contributed by atoms with van der Waals surface area (Å²) >= 11 is 1.48. The first-order chi connectivity index (χ1) is 9.63. The van der Waals surface area contributed by atoms with Crippen LogP contribution in [0.15, 0.2) is 46.2 Å². The van der Waals surface area contributed by atoms with Gasteiger partial charge in [-0.25, -0.2) is 4.79 Å². The molecule has 0 heterocycles. The van der Waals surface area contributed by atoms with E-state index in [1.165, 1.54) is 35.4 Å². The third kappa shape index (κ3) is 2.51. The summed E-state index contributed by atoms with van der Waals surface area (Å²) in [5, 5.41) is 9.25. The summed E-state index contributed by atoms with van der Waals surface area (Å²) in [4.78, 5) is 13.1. The van der Waals surface area contributed by atoms with Gasteiger partial charge in [0.25, 0.3) is 0 Å². The Morgan fingerprint density at radius 2 is 1.90 bits per heavy atom. The van der Waals surface area contributed by atoms with Crippen LogP contribution in [0.2, 0.25) is 0 Å². The molecule has 1 aliphatic carbocycles. The Labute approximate surface area is 121 Å². The lowest BCUT2D eigenvalue weighted by Gasteiger charge is -2.08. The highest BCUT2D eigenvalue weighted by atomic mass is 32.2. The van der Waals surface area contributed by atoms with E-state index in [2.05, 4.69) is 18.2 Å². The summed E-state index contributed by atoms with van der Waals surface area (Å²) in [6, 6.07) is 11.4. The molecule has 4 heteroatoms. The number of aryl methyl sites for hydroxylation is 2. The number of carbonyl (C=O) groups is 1. The van der Waals surface area contributed by atoms with E-state index < -0.39 is 5.97 Å². The number of carboxylic acids is 1. The van der Waals surface area contributed by atoms with Gasteiger partial charge in [0.15, 0.2) is 0 Å². The van der Waals surface area contributed by atoms with Gasteiger partial charge in [-0.1, -0.05) is 17.8 Å². The van der Waals surface area contributed by atoms with Crippen LogP contribution < -0.4 is 5.73 Å². The van der Waals surface area contributed by atoms with Crippen molar-refractivity contribution in [1.29, 1.82) is 0 Å². The molecule has 0 aromatic heterocycles. The maximum absolute atomic E-state index is 11.3. The monoisotopic (exact) mass is 285 g/mol. The topological polar surface area (TPSA) is 63.3 Å². The van der Waals surface area contributed by atoms with Gasteiger partial charge in [0, 0.05) is 15.5 Å². The Bertz CT molecular complexity index is 682. The standard InChI is InChI=1S/C16H15NO2S/c17-12-5-7-15(14(9-12)16(18)19)20-13-6-4-10-2-1-3-11(10)8-13/h4-9H,1-3,17H2,(H,18,19). The molecule has 0 spiro atoms. The molecule has 0 atom stereocenters. The van der Waals surface area contributed by atoms with Crippen LogP contribution in [0.1, 0.15) is 27.9 Å². The van der Waals surface area contributed by atoms with Crippen LogP contribution in [0, 0.1) is 0 Å². The van der Waals surface area contributed by atoms with Gasteiger partial charge in [-0.05, 0) is 60.7 Å². The number of aromatic carboxylic acids is 1. The molecule has 3 rings (SSSR count). The van der Waals surface area contributed by atoms with E-state index >= 15 is 0 Å². The fourth-order valence-corrected chi connectivity index (χ4v) is 3.53. The first kappa shape index (κ1) is 13.1. The van der Waals surface area contributed by atoms with Crippen molar-refractivity contribution in [2.24, 2.45) is 0 Å². The average molecular weight is 285 g/mol. The van der Waals surface area contributed by atoms with E-state index in [-0.39, 0.29) is 5.56 Å². The summed E-state index contributed by atoms with van der Waals surface area (Å²) in [6.07, 6.45) is 3.49. The molecule has 0 saturated carbocycles. The highest BCUT2D eigenvalue weighted by molar-refractivity contribution is 7.99. The van der Waals surface area contributed by atoms with Gasteiger partial charge in [-0.3, -0.25) is 0 Å². The molecule has 0 fully saturated rings.